The molecule has 0 spiro atoms. The average molecular weight is 347 g/mol. The Labute approximate surface area is 135 Å². The van der Waals surface area contributed by atoms with Crippen LogP contribution in [0.15, 0.2) is 18.2 Å². The van der Waals surface area contributed by atoms with Crippen molar-refractivity contribution >= 4 is 17.6 Å². The van der Waals surface area contributed by atoms with Crippen LogP contribution in [0.5, 0.6) is 5.75 Å². The first-order valence-electron chi connectivity index (χ1n) is 7.25. The molecular weight excluding hydrogens is 331 g/mol. The first kappa shape index (κ1) is 18.1. The number of nitrogens with one attached hydrogen (secondary N) is 1. The molecule has 24 heavy (non-hydrogen) atoms. The van der Waals surface area contributed by atoms with E-state index in [9.17, 15) is 22.8 Å². The summed E-state index contributed by atoms with van der Waals surface area (Å²) in [7, 11) is 0. The number of benzene rings is 1. The molecule has 9 heteroatoms. The van der Waals surface area contributed by atoms with Gasteiger partial charge in [0.2, 0.25) is 0 Å². The highest BCUT2D eigenvalue weighted by Gasteiger charge is 2.36. The van der Waals surface area contributed by atoms with Crippen molar-refractivity contribution in [1.29, 1.82) is 0 Å². The molecule has 1 aromatic rings. The van der Waals surface area contributed by atoms with Crippen molar-refractivity contribution in [2.24, 2.45) is 0 Å². The number of amides is 1. The lowest BCUT2D eigenvalue weighted by atomic mass is 10.1. The number of carboxylic acid groups (broad SMARTS) is 1. The van der Waals surface area contributed by atoms with Gasteiger partial charge < -0.3 is 19.9 Å². The van der Waals surface area contributed by atoms with E-state index in [4.69, 9.17) is 14.6 Å². The van der Waals surface area contributed by atoms with Crippen molar-refractivity contribution in [3.05, 3.63) is 23.8 Å². The summed E-state index contributed by atoms with van der Waals surface area (Å²) < 4.78 is 48.8. The Morgan fingerprint density at radius 1 is 1.33 bits per heavy atom. The third-order valence-corrected chi connectivity index (χ3v) is 3.45. The highest BCUT2D eigenvalue weighted by molar-refractivity contribution is 5.96. The van der Waals surface area contributed by atoms with Gasteiger partial charge in [-0.25, -0.2) is 4.79 Å². The van der Waals surface area contributed by atoms with Crippen LogP contribution in [-0.2, 0) is 20.5 Å². The van der Waals surface area contributed by atoms with Gasteiger partial charge in [-0.3, -0.25) is 4.79 Å². The maximum Gasteiger partial charge on any atom is 0.416 e. The molecule has 0 bridgehead atoms. The first-order chi connectivity index (χ1) is 11.2. The number of rotatable bonds is 5. The summed E-state index contributed by atoms with van der Waals surface area (Å²) in [6.45, 7) is 1.86. The van der Waals surface area contributed by atoms with E-state index in [1.165, 1.54) is 0 Å². The Hall–Kier alpha value is -2.29. The molecule has 1 heterocycles. The fourth-order valence-corrected chi connectivity index (χ4v) is 2.31. The number of anilines is 1. The molecule has 0 saturated carbocycles. The van der Waals surface area contributed by atoms with Gasteiger partial charge in [-0.05, 0) is 38.0 Å². The van der Waals surface area contributed by atoms with Crippen molar-refractivity contribution in [3.8, 4) is 5.75 Å². The average Bonchev–Trinajstić information content (AvgIpc) is 2.98. The van der Waals surface area contributed by atoms with Crippen molar-refractivity contribution < 1.29 is 37.3 Å². The van der Waals surface area contributed by atoms with Crippen LogP contribution < -0.4 is 10.1 Å². The number of aliphatic carboxylic acids is 1. The predicted octanol–water partition coefficient (Wildman–Crippen LogP) is 2.67. The Morgan fingerprint density at radius 3 is 2.54 bits per heavy atom. The number of halogens is 3. The third kappa shape index (κ3) is 4.16. The molecule has 2 atom stereocenters. The topological polar surface area (TPSA) is 84.9 Å². The number of ether oxygens (including phenoxy) is 2. The van der Waals surface area contributed by atoms with Crippen LogP contribution in [0.2, 0.25) is 0 Å². The van der Waals surface area contributed by atoms with E-state index in [0.29, 0.717) is 0 Å². The van der Waals surface area contributed by atoms with Gasteiger partial charge >= 0.3 is 12.1 Å². The summed E-state index contributed by atoms with van der Waals surface area (Å²) >= 11 is 0. The van der Waals surface area contributed by atoms with Gasteiger partial charge in [0.25, 0.3) is 5.91 Å². The largest absolute Gasteiger partial charge is 0.492 e. The number of carboxylic acids is 1. The highest BCUT2D eigenvalue weighted by atomic mass is 19.4. The summed E-state index contributed by atoms with van der Waals surface area (Å²) in [5, 5.41) is 11.2. The Kier molecular flexibility index (Phi) is 5.33. The van der Waals surface area contributed by atoms with E-state index in [-0.39, 0.29) is 30.9 Å². The normalized spacial score (nSPS) is 20.7. The summed E-state index contributed by atoms with van der Waals surface area (Å²) in [5.74, 6) is -1.80. The predicted molar refractivity (Wildman–Crippen MR) is 76.8 cm³/mol. The molecule has 2 rings (SSSR count). The van der Waals surface area contributed by atoms with Crippen LogP contribution in [0.1, 0.15) is 25.3 Å². The Bertz CT molecular complexity index is 632. The molecule has 132 valence electrons. The quantitative estimate of drug-likeness (QED) is 0.855. The molecule has 1 amide bonds. The molecule has 6 nitrogen and oxygen atoms in total. The van der Waals surface area contributed by atoms with Crippen molar-refractivity contribution in [3.63, 3.8) is 0 Å². The monoisotopic (exact) mass is 347 g/mol. The molecule has 1 aliphatic rings. The van der Waals surface area contributed by atoms with Gasteiger partial charge in [-0.15, -0.1) is 0 Å². The lowest BCUT2D eigenvalue weighted by Gasteiger charge is -2.16. The fourth-order valence-electron chi connectivity index (χ4n) is 2.31. The van der Waals surface area contributed by atoms with Crippen LogP contribution in [0, 0.1) is 0 Å². The van der Waals surface area contributed by atoms with Crippen LogP contribution >= 0.6 is 0 Å². The first-order valence-corrected chi connectivity index (χ1v) is 7.25. The minimum atomic E-state index is -4.57. The smallest absolute Gasteiger partial charge is 0.416 e. The zero-order valence-corrected chi connectivity index (χ0v) is 12.7. The van der Waals surface area contributed by atoms with E-state index in [0.717, 1.165) is 18.2 Å². The third-order valence-electron chi connectivity index (χ3n) is 3.45. The van der Waals surface area contributed by atoms with Crippen LogP contribution in [-0.4, -0.2) is 35.8 Å². The molecule has 2 N–H and O–H groups in total. The molecule has 1 fully saturated rings. The summed E-state index contributed by atoms with van der Waals surface area (Å²) in [6.07, 6.45) is -6.36. The van der Waals surface area contributed by atoms with E-state index >= 15 is 0 Å². The zero-order valence-electron chi connectivity index (χ0n) is 12.7. The van der Waals surface area contributed by atoms with Crippen molar-refractivity contribution in [1.82, 2.24) is 0 Å². The van der Waals surface area contributed by atoms with E-state index in [1.54, 1.807) is 6.92 Å². The molecule has 0 radical (unpaired) electrons. The van der Waals surface area contributed by atoms with Gasteiger partial charge in [0.05, 0.1) is 17.9 Å². The number of carbonyl (C=O) groups excluding carboxylic acids is 1. The second kappa shape index (κ2) is 7.08. The van der Waals surface area contributed by atoms with Crippen LogP contribution in [0.25, 0.3) is 0 Å². The molecule has 0 aliphatic carbocycles. The second-order valence-electron chi connectivity index (χ2n) is 5.16. The van der Waals surface area contributed by atoms with Gasteiger partial charge in [-0.2, -0.15) is 13.2 Å². The van der Waals surface area contributed by atoms with E-state index < -0.39 is 35.8 Å². The molecular formula is C15H16F3NO5. The van der Waals surface area contributed by atoms with Gasteiger partial charge in [-0.1, -0.05) is 0 Å². The summed E-state index contributed by atoms with van der Waals surface area (Å²) in [5.41, 5.74) is -1.07. The molecule has 1 aromatic carbocycles. The van der Waals surface area contributed by atoms with Gasteiger partial charge in [0.1, 0.15) is 11.9 Å². The maximum atomic E-state index is 12.8. The van der Waals surface area contributed by atoms with E-state index in [2.05, 4.69) is 5.32 Å². The number of hydrogen-bond acceptors (Lipinski definition) is 4. The number of alkyl halides is 3. The summed E-state index contributed by atoms with van der Waals surface area (Å²) in [6, 6.07) is 2.75. The second-order valence-corrected chi connectivity index (χ2v) is 5.16. The SMILES string of the molecule is CCOc1ccc(C(F)(F)F)cc1NC(=O)[C@@H]1CC[C@H](C(=O)O)O1. The van der Waals surface area contributed by atoms with Crippen molar-refractivity contribution in [2.45, 2.75) is 38.1 Å². The van der Waals surface area contributed by atoms with Crippen LogP contribution in [0.3, 0.4) is 0 Å². The molecule has 1 saturated heterocycles. The van der Waals surface area contributed by atoms with Crippen molar-refractivity contribution in [2.75, 3.05) is 11.9 Å². The number of carbonyl (C=O) groups is 2. The molecule has 1 aliphatic heterocycles. The minimum Gasteiger partial charge on any atom is -0.492 e. The Morgan fingerprint density at radius 2 is 2.00 bits per heavy atom. The highest BCUT2D eigenvalue weighted by Crippen LogP contribution is 2.35. The zero-order chi connectivity index (χ0) is 17.9. The molecule has 0 aromatic heterocycles. The van der Waals surface area contributed by atoms with Gasteiger partial charge in [0, 0.05) is 0 Å². The lowest BCUT2D eigenvalue weighted by molar-refractivity contribution is -0.151. The molecule has 0 unspecified atom stereocenters. The lowest BCUT2D eigenvalue weighted by Crippen LogP contribution is -2.30. The Balaban J connectivity index is 2.17. The minimum absolute atomic E-state index is 0.0895. The van der Waals surface area contributed by atoms with Crippen LogP contribution in [0.4, 0.5) is 18.9 Å². The van der Waals surface area contributed by atoms with Gasteiger partial charge in [0.15, 0.2) is 6.10 Å². The standard InChI is InChI=1S/C15H16F3NO5/c1-2-23-10-4-3-8(15(16,17)18)7-9(10)19-13(20)11-5-6-12(24-11)14(21)22/h3-4,7,11-12H,2,5-6H2,1H3,(H,19,20)(H,21,22)/t11-,12+/m0/s1. The maximum absolute atomic E-state index is 12.8. The summed E-state index contributed by atoms with van der Waals surface area (Å²) in [4.78, 5) is 23.0. The number of hydrogen-bond donors (Lipinski definition) is 2. The van der Waals surface area contributed by atoms with E-state index in [1.807, 2.05) is 0 Å². The fraction of sp³-hybridized carbons (Fsp3) is 0.467.